The Morgan fingerprint density at radius 1 is 1.38 bits per heavy atom. The summed E-state index contributed by atoms with van der Waals surface area (Å²) in [7, 11) is 0. The largest absolute Gasteiger partial charge is 0.374 e. The fourth-order valence-electron chi connectivity index (χ4n) is 1.92. The Balaban J connectivity index is 1.91. The molecule has 21 heavy (non-hydrogen) atoms. The molecular weight excluding hydrogens is 266 g/mol. The highest BCUT2D eigenvalue weighted by molar-refractivity contribution is 5.94. The third-order valence-corrected chi connectivity index (χ3v) is 3.28. The second kappa shape index (κ2) is 6.92. The Morgan fingerprint density at radius 3 is 2.76 bits per heavy atom. The summed E-state index contributed by atoms with van der Waals surface area (Å²) in [5.41, 5.74) is 1.54. The Bertz CT molecular complexity index is 538. The van der Waals surface area contributed by atoms with E-state index in [1.807, 2.05) is 24.3 Å². The van der Waals surface area contributed by atoms with E-state index in [1.54, 1.807) is 13.0 Å². The van der Waals surface area contributed by atoms with Crippen LogP contribution in [0.5, 0.6) is 0 Å². The van der Waals surface area contributed by atoms with Gasteiger partial charge < -0.3 is 16.0 Å². The maximum Gasteiger partial charge on any atom is 0.242 e. The lowest BCUT2D eigenvalue weighted by atomic mass is 10.2. The smallest absolute Gasteiger partial charge is 0.242 e. The molecule has 0 aliphatic heterocycles. The van der Waals surface area contributed by atoms with Gasteiger partial charge in [-0.3, -0.25) is 9.59 Å². The van der Waals surface area contributed by atoms with Crippen molar-refractivity contribution in [2.45, 2.75) is 25.8 Å². The van der Waals surface area contributed by atoms with Gasteiger partial charge >= 0.3 is 0 Å². The van der Waals surface area contributed by atoms with Crippen molar-refractivity contribution >= 4 is 23.2 Å². The molecule has 1 aliphatic carbocycles. The molecule has 1 fully saturated rings. The first-order valence-electron chi connectivity index (χ1n) is 7.16. The first kappa shape index (κ1) is 15.1. The molecule has 5 heteroatoms. The van der Waals surface area contributed by atoms with Crippen LogP contribution >= 0.6 is 0 Å². The Labute approximate surface area is 124 Å². The summed E-state index contributed by atoms with van der Waals surface area (Å²) in [5.74, 6) is 0.150. The van der Waals surface area contributed by atoms with Crippen molar-refractivity contribution in [3.63, 3.8) is 0 Å². The molecule has 1 atom stereocenters. The van der Waals surface area contributed by atoms with Crippen molar-refractivity contribution in [2.75, 3.05) is 17.2 Å². The average molecular weight is 287 g/mol. The molecule has 1 aliphatic rings. The van der Waals surface area contributed by atoms with Gasteiger partial charge in [0.15, 0.2) is 0 Å². The van der Waals surface area contributed by atoms with Crippen molar-refractivity contribution in [2.24, 2.45) is 5.92 Å². The molecule has 1 aromatic rings. The minimum absolute atomic E-state index is 0.0731. The molecule has 112 valence electrons. The summed E-state index contributed by atoms with van der Waals surface area (Å²) in [5, 5.41) is 8.73. The number of benzene rings is 1. The van der Waals surface area contributed by atoms with Crippen LogP contribution in [0.25, 0.3) is 0 Å². The predicted octanol–water partition coefficient (Wildman–Crippen LogP) is 2.14. The van der Waals surface area contributed by atoms with Crippen molar-refractivity contribution in [3.05, 3.63) is 36.9 Å². The van der Waals surface area contributed by atoms with E-state index in [2.05, 4.69) is 22.5 Å². The molecule has 2 rings (SSSR count). The van der Waals surface area contributed by atoms with E-state index in [1.165, 1.54) is 0 Å². The average Bonchev–Trinajstić information content (AvgIpc) is 3.29. The molecule has 0 radical (unpaired) electrons. The van der Waals surface area contributed by atoms with Crippen LogP contribution in [0.1, 0.15) is 19.8 Å². The molecule has 0 saturated heterocycles. The summed E-state index contributed by atoms with van der Waals surface area (Å²) in [6.07, 6.45) is 3.59. The van der Waals surface area contributed by atoms with Gasteiger partial charge in [-0.25, -0.2) is 0 Å². The third kappa shape index (κ3) is 4.63. The van der Waals surface area contributed by atoms with Gasteiger partial charge in [0.1, 0.15) is 6.04 Å². The van der Waals surface area contributed by atoms with Crippen LogP contribution in [-0.2, 0) is 9.59 Å². The van der Waals surface area contributed by atoms with Crippen LogP contribution in [0, 0.1) is 5.92 Å². The quantitative estimate of drug-likeness (QED) is 0.673. The van der Waals surface area contributed by atoms with Crippen LogP contribution in [0.3, 0.4) is 0 Å². The Hall–Kier alpha value is -2.30. The minimum Gasteiger partial charge on any atom is -0.374 e. The first-order chi connectivity index (χ1) is 10.1. The molecular formula is C16H21N3O2. The van der Waals surface area contributed by atoms with Gasteiger partial charge in [-0.05, 0) is 38.0 Å². The maximum atomic E-state index is 11.8. The Morgan fingerprint density at radius 2 is 2.10 bits per heavy atom. The van der Waals surface area contributed by atoms with Crippen LogP contribution in [0.2, 0.25) is 0 Å². The second-order valence-corrected chi connectivity index (χ2v) is 5.24. The fraction of sp³-hybridized carbons (Fsp3) is 0.375. The number of rotatable bonds is 7. The summed E-state index contributed by atoms with van der Waals surface area (Å²) in [6.45, 7) is 5.79. The lowest BCUT2D eigenvalue weighted by Gasteiger charge is -2.15. The van der Waals surface area contributed by atoms with E-state index < -0.39 is 0 Å². The SMILES string of the molecule is C=CCNC(=O)[C@H](C)Nc1cccc(NC(=O)C2CC2)c1. The van der Waals surface area contributed by atoms with Crippen LogP contribution in [0.15, 0.2) is 36.9 Å². The highest BCUT2D eigenvalue weighted by Crippen LogP contribution is 2.30. The number of amides is 2. The molecule has 1 saturated carbocycles. The first-order valence-corrected chi connectivity index (χ1v) is 7.16. The van der Waals surface area contributed by atoms with Gasteiger partial charge in [-0.2, -0.15) is 0 Å². The molecule has 0 bridgehead atoms. The number of hydrogen-bond donors (Lipinski definition) is 3. The Kier molecular flexibility index (Phi) is 4.98. The number of anilines is 2. The van der Waals surface area contributed by atoms with E-state index in [0.29, 0.717) is 6.54 Å². The van der Waals surface area contributed by atoms with Crippen LogP contribution in [-0.4, -0.2) is 24.4 Å². The van der Waals surface area contributed by atoms with Crippen LogP contribution in [0.4, 0.5) is 11.4 Å². The van der Waals surface area contributed by atoms with Crippen molar-refractivity contribution < 1.29 is 9.59 Å². The molecule has 2 amide bonds. The highest BCUT2D eigenvalue weighted by atomic mass is 16.2. The predicted molar refractivity (Wildman–Crippen MR) is 84.1 cm³/mol. The van der Waals surface area contributed by atoms with E-state index in [0.717, 1.165) is 24.2 Å². The summed E-state index contributed by atoms with van der Waals surface area (Å²) >= 11 is 0. The van der Waals surface area contributed by atoms with Gasteiger partial charge in [0.05, 0.1) is 0 Å². The van der Waals surface area contributed by atoms with E-state index >= 15 is 0 Å². The third-order valence-electron chi connectivity index (χ3n) is 3.28. The summed E-state index contributed by atoms with van der Waals surface area (Å²) in [4.78, 5) is 23.5. The van der Waals surface area contributed by atoms with Crippen molar-refractivity contribution in [1.29, 1.82) is 0 Å². The van der Waals surface area contributed by atoms with E-state index in [4.69, 9.17) is 0 Å². The van der Waals surface area contributed by atoms with Crippen LogP contribution < -0.4 is 16.0 Å². The number of hydrogen-bond acceptors (Lipinski definition) is 3. The zero-order valence-corrected chi connectivity index (χ0v) is 12.2. The van der Waals surface area contributed by atoms with Crippen molar-refractivity contribution in [3.8, 4) is 0 Å². The highest BCUT2D eigenvalue weighted by Gasteiger charge is 2.29. The van der Waals surface area contributed by atoms with Gasteiger partial charge in [0, 0.05) is 23.8 Å². The zero-order chi connectivity index (χ0) is 15.2. The molecule has 0 spiro atoms. The molecule has 0 aromatic heterocycles. The maximum absolute atomic E-state index is 11.8. The second-order valence-electron chi connectivity index (χ2n) is 5.24. The molecule has 0 heterocycles. The number of carbonyl (C=O) groups is 2. The van der Waals surface area contributed by atoms with E-state index in [-0.39, 0.29) is 23.8 Å². The normalized spacial score (nSPS) is 14.9. The number of nitrogens with one attached hydrogen (secondary N) is 3. The lowest BCUT2D eigenvalue weighted by molar-refractivity contribution is -0.121. The topological polar surface area (TPSA) is 70.2 Å². The monoisotopic (exact) mass is 287 g/mol. The standard InChI is InChI=1S/C16H21N3O2/c1-3-9-17-15(20)11(2)18-13-5-4-6-14(10-13)19-16(21)12-7-8-12/h3-6,10-12,18H,1,7-9H2,2H3,(H,17,20)(H,19,21)/t11-/m0/s1. The number of carbonyl (C=O) groups excluding carboxylic acids is 2. The van der Waals surface area contributed by atoms with Gasteiger partial charge in [-0.1, -0.05) is 12.1 Å². The lowest BCUT2D eigenvalue weighted by Crippen LogP contribution is -2.37. The van der Waals surface area contributed by atoms with Crippen molar-refractivity contribution in [1.82, 2.24) is 5.32 Å². The minimum atomic E-state index is -0.362. The van der Waals surface area contributed by atoms with Gasteiger partial charge in [-0.15, -0.1) is 6.58 Å². The molecule has 1 aromatic carbocycles. The molecule has 3 N–H and O–H groups in total. The van der Waals surface area contributed by atoms with Gasteiger partial charge in [0.2, 0.25) is 11.8 Å². The molecule has 0 unspecified atom stereocenters. The van der Waals surface area contributed by atoms with E-state index in [9.17, 15) is 9.59 Å². The molecule has 5 nitrogen and oxygen atoms in total. The fourth-order valence-corrected chi connectivity index (χ4v) is 1.92. The van der Waals surface area contributed by atoms with Gasteiger partial charge in [0.25, 0.3) is 0 Å². The summed E-state index contributed by atoms with van der Waals surface area (Å²) in [6, 6.07) is 7.02. The summed E-state index contributed by atoms with van der Waals surface area (Å²) < 4.78 is 0. The zero-order valence-electron chi connectivity index (χ0n) is 12.2.